The van der Waals surface area contributed by atoms with Crippen molar-refractivity contribution in [2.45, 2.75) is 19.8 Å². The molecule has 0 aromatic carbocycles. The number of rotatable bonds is 3. The first-order valence-electron chi connectivity index (χ1n) is 6.27. The monoisotopic (exact) mass is 222 g/mol. The van der Waals surface area contributed by atoms with Crippen molar-refractivity contribution in [2.75, 3.05) is 39.8 Å². The molecule has 16 heavy (non-hydrogen) atoms. The summed E-state index contributed by atoms with van der Waals surface area (Å²) in [4.78, 5) is 4.88. The quantitative estimate of drug-likeness (QED) is 0.724. The lowest BCUT2D eigenvalue weighted by atomic mass is 10.1. The third-order valence-electron chi connectivity index (χ3n) is 3.29. The summed E-state index contributed by atoms with van der Waals surface area (Å²) in [6.45, 7) is 7.40. The first-order chi connectivity index (χ1) is 7.81. The van der Waals surface area contributed by atoms with E-state index in [4.69, 9.17) is 4.74 Å². The van der Waals surface area contributed by atoms with Crippen molar-refractivity contribution >= 4 is 0 Å². The van der Waals surface area contributed by atoms with Crippen LogP contribution in [0.3, 0.4) is 0 Å². The minimum absolute atomic E-state index is 0.761. The van der Waals surface area contributed by atoms with Crippen LogP contribution in [-0.2, 0) is 4.74 Å². The summed E-state index contributed by atoms with van der Waals surface area (Å²) in [5.41, 5.74) is 1.41. The van der Waals surface area contributed by atoms with E-state index < -0.39 is 0 Å². The zero-order valence-corrected chi connectivity index (χ0v) is 10.4. The summed E-state index contributed by atoms with van der Waals surface area (Å²) in [5.74, 6) is 1.10. The number of likely N-dealkylation sites (N-methyl/N-ethyl adjacent to an activating group) is 1. The number of ether oxygens (including phenoxy) is 1. The van der Waals surface area contributed by atoms with Gasteiger partial charge in [0.1, 0.15) is 5.76 Å². The lowest BCUT2D eigenvalue weighted by molar-refractivity contribution is 0.162. The lowest BCUT2D eigenvalue weighted by Crippen LogP contribution is -2.44. The normalized spacial score (nSPS) is 22.8. The molecule has 0 saturated carbocycles. The lowest BCUT2D eigenvalue weighted by Gasteiger charge is -2.37. The maximum atomic E-state index is 5.71. The third kappa shape index (κ3) is 2.59. The summed E-state index contributed by atoms with van der Waals surface area (Å²) < 4.78 is 5.71. The van der Waals surface area contributed by atoms with E-state index in [9.17, 15) is 0 Å². The van der Waals surface area contributed by atoms with E-state index in [0.29, 0.717) is 0 Å². The van der Waals surface area contributed by atoms with Crippen molar-refractivity contribution in [1.29, 1.82) is 0 Å². The van der Waals surface area contributed by atoms with Crippen LogP contribution in [0.4, 0.5) is 0 Å². The predicted octanol–water partition coefficient (Wildman–Crippen LogP) is 1.83. The van der Waals surface area contributed by atoms with Gasteiger partial charge >= 0.3 is 0 Å². The van der Waals surface area contributed by atoms with Crippen molar-refractivity contribution in [3.63, 3.8) is 0 Å². The average molecular weight is 222 g/mol. The Bertz CT molecular complexity index is 288. The molecule has 2 rings (SSSR count). The van der Waals surface area contributed by atoms with Crippen molar-refractivity contribution in [2.24, 2.45) is 0 Å². The van der Waals surface area contributed by atoms with Crippen molar-refractivity contribution in [3.8, 4) is 0 Å². The molecule has 3 heteroatoms. The van der Waals surface area contributed by atoms with E-state index in [-0.39, 0.29) is 0 Å². The molecule has 0 unspecified atom stereocenters. The van der Waals surface area contributed by atoms with Gasteiger partial charge in [-0.3, -0.25) is 0 Å². The average Bonchev–Trinajstić information content (AvgIpc) is 2.32. The molecule has 0 aromatic heterocycles. The van der Waals surface area contributed by atoms with Gasteiger partial charge in [-0.1, -0.05) is 6.08 Å². The Morgan fingerprint density at radius 2 is 2.00 bits per heavy atom. The Balaban J connectivity index is 2.07. The predicted molar refractivity (Wildman–Crippen MR) is 66.1 cm³/mol. The Labute approximate surface area is 98.4 Å². The fraction of sp³-hybridized carbons (Fsp3) is 0.692. The van der Waals surface area contributed by atoms with Crippen LogP contribution in [0.5, 0.6) is 0 Å². The summed E-state index contributed by atoms with van der Waals surface area (Å²) in [5, 5.41) is 0. The summed E-state index contributed by atoms with van der Waals surface area (Å²) >= 11 is 0. The van der Waals surface area contributed by atoms with E-state index in [0.717, 1.165) is 51.4 Å². The highest BCUT2D eigenvalue weighted by Gasteiger charge is 2.20. The molecule has 1 aliphatic carbocycles. The molecule has 2 aliphatic rings. The summed E-state index contributed by atoms with van der Waals surface area (Å²) in [6.07, 6.45) is 6.64. The van der Waals surface area contributed by atoms with Gasteiger partial charge < -0.3 is 14.5 Å². The van der Waals surface area contributed by atoms with Crippen LogP contribution in [0.15, 0.2) is 23.6 Å². The van der Waals surface area contributed by atoms with Gasteiger partial charge in [0.15, 0.2) is 0 Å². The Morgan fingerprint density at radius 1 is 1.25 bits per heavy atom. The molecule has 0 atom stereocenters. The van der Waals surface area contributed by atoms with E-state index in [2.05, 4.69) is 35.9 Å². The topological polar surface area (TPSA) is 15.7 Å². The molecular weight excluding hydrogens is 200 g/mol. The van der Waals surface area contributed by atoms with Crippen LogP contribution >= 0.6 is 0 Å². The second kappa shape index (κ2) is 5.39. The molecule has 0 amide bonds. The van der Waals surface area contributed by atoms with Gasteiger partial charge in [0.05, 0.1) is 12.3 Å². The molecule has 1 saturated heterocycles. The maximum Gasteiger partial charge on any atom is 0.138 e. The Morgan fingerprint density at radius 3 is 2.69 bits per heavy atom. The van der Waals surface area contributed by atoms with E-state index in [1.54, 1.807) is 0 Å². The molecule has 1 heterocycles. The maximum absolute atomic E-state index is 5.71. The number of hydrogen-bond donors (Lipinski definition) is 0. The van der Waals surface area contributed by atoms with Crippen LogP contribution in [0.1, 0.15) is 19.8 Å². The van der Waals surface area contributed by atoms with Crippen LogP contribution in [0.25, 0.3) is 0 Å². The highest BCUT2D eigenvalue weighted by molar-refractivity contribution is 5.24. The van der Waals surface area contributed by atoms with Crippen LogP contribution in [0, 0.1) is 0 Å². The SMILES string of the molecule is CCOC1=C(N2CCN(C)CC2)CCC=C1. The molecule has 0 spiro atoms. The van der Waals surface area contributed by atoms with Gasteiger partial charge in [0, 0.05) is 26.2 Å². The molecule has 3 nitrogen and oxygen atoms in total. The third-order valence-corrected chi connectivity index (χ3v) is 3.29. The summed E-state index contributed by atoms with van der Waals surface area (Å²) in [6, 6.07) is 0. The van der Waals surface area contributed by atoms with E-state index >= 15 is 0 Å². The molecule has 0 bridgehead atoms. The smallest absolute Gasteiger partial charge is 0.138 e. The molecule has 1 fully saturated rings. The zero-order chi connectivity index (χ0) is 11.4. The van der Waals surface area contributed by atoms with Gasteiger partial charge in [-0.25, -0.2) is 0 Å². The van der Waals surface area contributed by atoms with Crippen LogP contribution in [0.2, 0.25) is 0 Å². The van der Waals surface area contributed by atoms with Crippen molar-refractivity contribution in [1.82, 2.24) is 9.80 Å². The molecule has 90 valence electrons. The number of hydrogen-bond acceptors (Lipinski definition) is 3. The standard InChI is InChI=1S/C13H22N2O/c1-3-16-13-7-5-4-6-12(13)15-10-8-14(2)9-11-15/h5,7H,3-4,6,8-11H2,1-2H3. The van der Waals surface area contributed by atoms with Gasteiger partial charge in [0.2, 0.25) is 0 Å². The molecule has 0 radical (unpaired) electrons. The minimum atomic E-state index is 0.761. The fourth-order valence-corrected chi connectivity index (χ4v) is 2.31. The zero-order valence-electron chi connectivity index (χ0n) is 10.4. The number of allylic oxidation sites excluding steroid dienone is 3. The molecule has 0 aromatic rings. The first kappa shape index (κ1) is 11.5. The highest BCUT2D eigenvalue weighted by atomic mass is 16.5. The summed E-state index contributed by atoms with van der Waals surface area (Å²) in [7, 11) is 2.19. The van der Waals surface area contributed by atoms with Gasteiger partial charge in [-0.05, 0) is 32.9 Å². The Hall–Kier alpha value is -0.960. The van der Waals surface area contributed by atoms with E-state index in [1.807, 2.05) is 0 Å². The second-order valence-corrected chi connectivity index (χ2v) is 4.48. The first-order valence-corrected chi connectivity index (χ1v) is 6.27. The minimum Gasteiger partial charge on any atom is -0.492 e. The molecule has 1 aliphatic heterocycles. The second-order valence-electron chi connectivity index (χ2n) is 4.48. The number of piperazine rings is 1. The van der Waals surface area contributed by atoms with Crippen molar-refractivity contribution < 1.29 is 4.74 Å². The fourth-order valence-electron chi connectivity index (χ4n) is 2.31. The molecular formula is C13H22N2O. The van der Waals surface area contributed by atoms with Crippen LogP contribution < -0.4 is 0 Å². The van der Waals surface area contributed by atoms with Crippen LogP contribution in [-0.4, -0.2) is 49.6 Å². The van der Waals surface area contributed by atoms with Gasteiger partial charge in [0.25, 0.3) is 0 Å². The van der Waals surface area contributed by atoms with Crippen molar-refractivity contribution in [3.05, 3.63) is 23.6 Å². The Kier molecular flexibility index (Phi) is 3.88. The van der Waals surface area contributed by atoms with Gasteiger partial charge in [-0.2, -0.15) is 0 Å². The van der Waals surface area contributed by atoms with Gasteiger partial charge in [-0.15, -0.1) is 0 Å². The van der Waals surface area contributed by atoms with E-state index in [1.165, 1.54) is 5.70 Å². The molecule has 0 N–H and O–H groups in total. The highest BCUT2D eigenvalue weighted by Crippen LogP contribution is 2.24. The number of nitrogens with zero attached hydrogens (tertiary/aromatic N) is 2. The largest absolute Gasteiger partial charge is 0.492 e.